The van der Waals surface area contributed by atoms with Crippen LogP contribution in [0.1, 0.15) is 12.5 Å². The highest BCUT2D eigenvalue weighted by Gasteiger charge is 2.34. The van der Waals surface area contributed by atoms with Crippen LogP contribution in [-0.2, 0) is 9.84 Å². The van der Waals surface area contributed by atoms with E-state index in [4.69, 9.17) is 5.26 Å². The maximum absolute atomic E-state index is 13.7. The monoisotopic (exact) mass is 314 g/mol. The molecule has 4 nitrogen and oxygen atoms in total. The molecule has 1 aliphatic rings. The average molecular weight is 314 g/mol. The predicted molar refractivity (Wildman–Crippen MR) is 79.0 cm³/mol. The Morgan fingerprint density at radius 3 is 2.95 bits per heavy atom. The molecule has 108 valence electrons. The lowest BCUT2D eigenvalue weighted by Gasteiger charge is -2.36. The van der Waals surface area contributed by atoms with Crippen LogP contribution in [0.2, 0.25) is 0 Å². The first-order valence-electron chi connectivity index (χ1n) is 6.26. The summed E-state index contributed by atoms with van der Waals surface area (Å²) >= 11 is 1.56. The van der Waals surface area contributed by atoms with Crippen molar-refractivity contribution >= 4 is 27.3 Å². The van der Waals surface area contributed by atoms with Crippen molar-refractivity contribution in [2.45, 2.75) is 12.3 Å². The number of rotatable bonds is 3. The Morgan fingerprint density at radius 1 is 1.55 bits per heavy atom. The molecule has 0 saturated carbocycles. The third kappa shape index (κ3) is 2.76. The normalized spacial score (nSPS) is 19.6. The third-order valence-electron chi connectivity index (χ3n) is 3.31. The molecule has 0 amide bonds. The van der Waals surface area contributed by atoms with Crippen LogP contribution in [0.4, 0.5) is 10.1 Å². The van der Waals surface area contributed by atoms with E-state index in [2.05, 4.69) is 0 Å². The molecule has 1 fully saturated rings. The zero-order valence-electron chi connectivity index (χ0n) is 11.0. The molecule has 1 aromatic rings. The number of hydrogen-bond acceptors (Lipinski definition) is 5. The largest absolute Gasteiger partial charge is 0.352 e. The Hall–Kier alpha value is -1.26. The van der Waals surface area contributed by atoms with E-state index in [1.54, 1.807) is 29.7 Å². The maximum atomic E-state index is 13.7. The molecule has 2 rings (SSSR count). The lowest BCUT2D eigenvalue weighted by molar-refractivity contribution is 0.578. The maximum Gasteiger partial charge on any atom is 0.171 e. The van der Waals surface area contributed by atoms with Gasteiger partial charge in [0.2, 0.25) is 0 Å². The molecule has 1 saturated heterocycles. The van der Waals surface area contributed by atoms with Crippen molar-refractivity contribution in [2.24, 2.45) is 0 Å². The Bertz CT molecular complexity index is 640. The van der Waals surface area contributed by atoms with Crippen molar-refractivity contribution in [1.29, 1.82) is 5.26 Å². The quantitative estimate of drug-likeness (QED) is 0.854. The zero-order chi connectivity index (χ0) is 14.8. The number of nitriles is 1. The Kier molecular flexibility index (Phi) is 4.55. The van der Waals surface area contributed by atoms with Crippen LogP contribution in [0.3, 0.4) is 0 Å². The van der Waals surface area contributed by atoms with Crippen LogP contribution < -0.4 is 4.90 Å². The molecule has 1 heterocycles. The van der Waals surface area contributed by atoms with Gasteiger partial charge in [-0.15, -0.1) is 0 Å². The highest BCUT2D eigenvalue weighted by Crippen LogP contribution is 2.30. The molecule has 1 atom stereocenters. The molecule has 1 aliphatic heterocycles. The van der Waals surface area contributed by atoms with Gasteiger partial charge in [0.1, 0.15) is 22.8 Å². The minimum atomic E-state index is -3.28. The number of nitrogens with zero attached hydrogens (tertiary/aromatic N) is 2. The van der Waals surface area contributed by atoms with Crippen molar-refractivity contribution in [1.82, 2.24) is 0 Å². The van der Waals surface area contributed by atoms with Gasteiger partial charge in [0.05, 0.1) is 5.69 Å². The topological polar surface area (TPSA) is 61.2 Å². The van der Waals surface area contributed by atoms with Crippen molar-refractivity contribution < 1.29 is 12.8 Å². The summed E-state index contributed by atoms with van der Waals surface area (Å²) in [5.74, 6) is 0.622. The van der Waals surface area contributed by atoms with Gasteiger partial charge in [-0.05, 0) is 12.1 Å². The van der Waals surface area contributed by atoms with Gasteiger partial charge in [-0.25, -0.2) is 12.8 Å². The Morgan fingerprint density at radius 2 is 2.30 bits per heavy atom. The lowest BCUT2D eigenvalue weighted by Crippen LogP contribution is -2.48. The Labute approximate surface area is 122 Å². The Balaban J connectivity index is 2.49. The van der Waals surface area contributed by atoms with E-state index in [9.17, 15) is 12.8 Å². The van der Waals surface area contributed by atoms with Crippen LogP contribution in [0.25, 0.3) is 0 Å². The van der Waals surface area contributed by atoms with Crippen LogP contribution in [0.15, 0.2) is 18.2 Å². The molecule has 0 aromatic heterocycles. The molecule has 0 bridgehead atoms. The fourth-order valence-corrected chi connectivity index (χ4v) is 5.19. The molecule has 7 heteroatoms. The van der Waals surface area contributed by atoms with Crippen LogP contribution in [-0.4, -0.2) is 37.6 Å². The number of hydrogen-bond donors (Lipinski definition) is 0. The summed E-state index contributed by atoms with van der Waals surface area (Å²) in [6.07, 6.45) is 0. The second-order valence-electron chi connectivity index (χ2n) is 4.42. The van der Waals surface area contributed by atoms with Gasteiger partial charge < -0.3 is 4.90 Å². The summed E-state index contributed by atoms with van der Waals surface area (Å²) < 4.78 is 38.1. The van der Waals surface area contributed by atoms with Gasteiger partial charge in [-0.2, -0.15) is 17.0 Å². The number of sulfone groups is 1. The number of anilines is 1. The summed E-state index contributed by atoms with van der Waals surface area (Å²) in [6.45, 7) is 2.09. The summed E-state index contributed by atoms with van der Waals surface area (Å²) in [4.78, 5) is 1.65. The minimum absolute atomic E-state index is 0.0337. The fraction of sp³-hybridized carbons (Fsp3) is 0.462. The van der Waals surface area contributed by atoms with Crippen LogP contribution in [0.5, 0.6) is 0 Å². The van der Waals surface area contributed by atoms with Crippen molar-refractivity contribution in [2.75, 3.05) is 28.7 Å². The van der Waals surface area contributed by atoms with Gasteiger partial charge in [-0.3, -0.25) is 0 Å². The molecular weight excluding hydrogens is 299 g/mol. The first kappa shape index (κ1) is 15.1. The average Bonchev–Trinajstić information content (AvgIpc) is 2.47. The first-order chi connectivity index (χ1) is 9.51. The smallest absolute Gasteiger partial charge is 0.171 e. The molecule has 0 spiro atoms. The highest BCUT2D eigenvalue weighted by atomic mass is 32.2. The highest BCUT2D eigenvalue weighted by molar-refractivity contribution is 8.01. The number of benzene rings is 1. The van der Waals surface area contributed by atoms with Gasteiger partial charge in [-0.1, -0.05) is 13.0 Å². The molecule has 0 radical (unpaired) electrons. The molecule has 1 unspecified atom stereocenters. The van der Waals surface area contributed by atoms with Gasteiger partial charge in [0, 0.05) is 23.8 Å². The van der Waals surface area contributed by atoms with E-state index >= 15 is 0 Å². The first-order valence-corrected chi connectivity index (χ1v) is 9.13. The van der Waals surface area contributed by atoms with Crippen molar-refractivity contribution in [3.05, 3.63) is 29.6 Å². The van der Waals surface area contributed by atoms with E-state index in [1.165, 1.54) is 12.1 Å². The summed E-state index contributed by atoms with van der Waals surface area (Å²) in [5, 5.41) is 8.41. The summed E-state index contributed by atoms with van der Waals surface area (Å²) in [5.41, 5.74) is 0.283. The molecular formula is C13H15FN2O2S2. The van der Waals surface area contributed by atoms with E-state index in [-0.39, 0.29) is 11.3 Å². The van der Waals surface area contributed by atoms with E-state index < -0.39 is 21.0 Å². The number of halogens is 1. The predicted octanol–water partition coefficient (Wildman–Crippen LogP) is 2.01. The van der Waals surface area contributed by atoms with Crippen molar-refractivity contribution in [3.8, 4) is 6.07 Å². The van der Waals surface area contributed by atoms with Crippen LogP contribution in [0, 0.1) is 17.1 Å². The molecule has 1 aromatic carbocycles. The second-order valence-corrected chi connectivity index (χ2v) is 8.02. The van der Waals surface area contributed by atoms with E-state index in [1.807, 2.05) is 6.07 Å². The summed E-state index contributed by atoms with van der Waals surface area (Å²) in [7, 11) is -3.28. The van der Waals surface area contributed by atoms with Gasteiger partial charge >= 0.3 is 0 Å². The molecule has 0 N–H and O–H groups in total. The van der Waals surface area contributed by atoms with Gasteiger partial charge in [0.25, 0.3) is 0 Å². The third-order valence-corrected chi connectivity index (χ3v) is 6.60. The zero-order valence-corrected chi connectivity index (χ0v) is 12.7. The molecule has 0 aliphatic carbocycles. The SMILES string of the molecule is CCS(=O)(=O)C1CSCCN1c1cccc(F)c1C#N. The number of thioether (sulfide) groups is 1. The lowest BCUT2D eigenvalue weighted by atomic mass is 10.1. The standard InChI is InChI=1S/C13H15FN2O2S2/c1-2-20(17,18)13-9-19-7-6-16(13)12-5-3-4-11(14)10(12)8-15/h3-5,13H,2,6-7,9H2,1H3. The second kappa shape index (κ2) is 6.02. The van der Waals surface area contributed by atoms with Crippen LogP contribution >= 0.6 is 11.8 Å². The minimum Gasteiger partial charge on any atom is -0.352 e. The van der Waals surface area contributed by atoms with E-state index in [0.29, 0.717) is 18.0 Å². The van der Waals surface area contributed by atoms with Gasteiger partial charge in [0.15, 0.2) is 9.84 Å². The van der Waals surface area contributed by atoms with E-state index in [0.717, 1.165) is 5.75 Å². The summed E-state index contributed by atoms with van der Waals surface area (Å²) in [6, 6.07) is 6.16. The fourth-order valence-electron chi connectivity index (χ4n) is 2.21. The van der Waals surface area contributed by atoms with Crippen molar-refractivity contribution in [3.63, 3.8) is 0 Å². The molecule has 20 heavy (non-hydrogen) atoms.